The van der Waals surface area contributed by atoms with Crippen molar-refractivity contribution in [2.75, 3.05) is 0 Å². The van der Waals surface area contributed by atoms with E-state index in [2.05, 4.69) is 0 Å². The Hall–Kier alpha value is -3.01. The Bertz CT molecular complexity index is 1450. The first kappa shape index (κ1) is 18.0. The number of rotatable bonds is 2. The van der Waals surface area contributed by atoms with Crippen LogP contribution in [-0.2, 0) is 7.05 Å². The molecule has 0 unspecified atom stereocenters. The lowest BCUT2D eigenvalue weighted by Crippen LogP contribution is -2.23. The highest BCUT2D eigenvalue weighted by molar-refractivity contribution is 6.31. The van der Waals surface area contributed by atoms with E-state index in [0.717, 1.165) is 32.9 Å². The molecule has 2 heterocycles. The van der Waals surface area contributed by atoms with Gasteiger partial charge < -0.3 is 9.13 Å². The quantitative estimate of drug-likeness (QED) is 0.323. The smallest absolute Gasteiger partial charge is 0.275 e. The van der Waals surface area contributed by atoms with Crippen LogP contribution in [0.3, 0.4) is 0 Å². The zero-order chi connectivity index (χ0) is 20.1. The van der Waals surface area contributed by atoms with E-state index in [-0.39, 0.29) is 5.56 Å². The van der Waals surface area contributed by atoms with Crippen LogP contribution in [0.4, 0.5) is 0 Å². The summed E-state index contributed by atoms with van der Waals surface area (Å²) >= 11 is 12.5. The van der Waals surface area contributed by atoms with Crippen LogP contribution in [0.2, 0.25) is 10.0 Å². The molecule has 0 saturated carbocycles. The Morgan fingerprint density at radius 1 is 0.793 bits per heavy atom. The van der Waals surface area contributed by atoms with Crippen molar-refractivity contribution in [3.8, 4) is 16.8 Å². The van der Waals surface area contributed by atoms with Crippen molar-refractivity contribution in [3.63, 3.8) is 0 Å². The molecule has 0 saturated heterocycles. The third-order valence-corrected chi connectivity index (χ3v) is 5.76. The molecule has 0 aliphatic rings. The lowest BCUT2D eigenvalue weighted by Gasteiger charge is -2.18. The van der Waals surface area contributed by atoms with Crippen molar-refractivity contribution in [2.45, 2.75) is 0 Å². The Morgan fingerprint density at radius 3 is 2.24 bits per heavy atom. The molecular weight excluding hydrogens is 403 g/mol. The highest BCUT2D eigenvalue weighted by atomic mass is 35.5. The zero-order valence-electron chi connectivity index (χ0n) is 15.6. The van der Waals surface area contributed by atoms with Gasteiger partial charge in [0.15, 0.2) is 0 Å². The molecule has 5 aromatic rings. The summed E-state index contributed by atoms with van der Waals surface area (Å²) in [5.41, 5.74) is 4.09. The van der Waals surface area contributed by atoms with Crippen molar-refractivity contribution in [1.82, 2.24) is 9.13 Å². The van der Waals surface area contributed by atoms with E-state index < -0.39 is 0 Å². The third-order valence-electron chi connectivity index (χ3n) is 5.29. The second-order valence-electron chi connectivity index (χ2n) is 7.00. The monoisotopic (exact) mass is 418 g/mol. The SMILES string of the molecule is Cn1c(=O)c(-n2ccc3cc(Cl)ccc32)c(-c2ccccc2)c2cc(Cl)ccc21. The maximum atomic E-state index is 13.6. The van der Waals surface area contributed by atoms with Gasteiger partial charge >= 0.3 is 0 Å². The lowest BCUT2D eigenvalue weighted by molar-refractivity contribution is 0.885. The third kappa shape index (κ3) is 2.86. The highest BCUT2D eigenvalue weighted by Crippen LogP contribution is 2.35. The van der Waals surface area contributed by atoms with E-state index in [4.69, 9.17) is 23.2 Å². The Morgan fingerprint density at radius 2 is 1.48 bits per heavy atom. The van der Waals surface area contributed by atoms with Gasteiger partial charge in [0.2, 0.25) is 0 Å². The first-order valence-corrected chi connectivity index (χ1v) is 9.95. The molecule has 5 rings (SSSR count). The van der Waals surface area contributed by atoms with Gasteiger partial charge in [-0.15, -0.1) is 0 Å². The molecule has 2 aromatic heterocycles. The average Bonchev–Trinajstić information content (AvgIpc) is 3.13. The summed E-state index contributed by atoms with van der Waals surface area (Å²) in [5, 5.41) is 3.20. The van der Waals surface area contributed by atoms with Gasteiger partial charge in [-0.1, -0.05) is 53.5 Å². The first-order chi connectivity index (χ1) is 14.0. The molecular formula is C24H16Cl2N2O. The fourth-order valence-corrected chi connectivity index (χ4v) is 4.29. The summed E-state index contributed by atoms with van der Waals surface area (Å²) in [7, 11) is 1.79. The van der Waals surface area contributed by atoms with Crippen molar-refractivity contribution < 1.29 is 0 Å². The van der Waals surface area contributed by atoms with E-state index in [9.17, 15) is 4.79 Å². The predicted octanol–water partition coefficient (Wildman–Crippen LogP) is 6.46. The van der Waals surface area contributed by atoms with Crippen LogP contribution < -0.4 is 5.56 Å². The molecule has 0 spiro atoms. The van der Waals surface area contributed by atoms with Gasteiger partial charge in [-0.25, -0.2) is 0 Å². The van der Waals surface area contributed by atoms with Gasteiger partial charge in [0.1, 0.15) is 5.69 Å². The van der Waals surface area contributed by atoms with Crippen LogP contribution in [0, 0.1) is 0 Å². The fourth-order valence-electron chi connectivity index (χ4n) is 3.93. The normalized spacial score (nSPS) is 11.4. The number of fused-ring (bicyclic) bond motifs is 2. The van der Waals surface area contributed by atoms with Crippen molar-refractivity contribution >= 4 is 45.0 Å². The standard InChI is InChI=1S/C24H16Cl2N2O/c1-27-21-10-8-18(26)14-19(21)22(15-5-3-2-4-6-15)23(24(27)29)28-12-11-16-13-17(25)7-9-20(16)28/h2-14H,1H3. The summed E-state index contributed by atoms with van der Waals surface area (Å²) in [6.45, 7) is 0. The Kier molecular flexibility index (Phi) is 4.23. The minimum Gasteiger partial charge on any atom is -0.311 e. The average molecular weight is 419 g/mol. The molecule has 142 valence electrons. The number of aromatic nitrogens is 2. The molecule has 3 nitrogen and oxygen atoms in total. The van der Waals surface area contributed by atoms with Crippen LogP contribution in [0.15, 0.2) is 83.8 Å². The number of hydrogen-bond acceptors (Lipinski definition) is 1. The number of halogens is 2. The Balaban J connectivity index is 2.00. The second-order valence-corrected chi connectivity index (χ2v) is 7.88. The number of benzene rings is 3. The van der Waals surface area contributed by atoms with Gasteiger partial charge in [0, 0.05) is 39.6 Å². The summed E-state index contributed by atoms with van der Waals surface area (Å²) in [5.74, 6) is 0. The molecule has 3 aromatic carbocycles. The molecule has 5 heteroatoms. The van der Waals surface area contributed by atoms with Crippen LogP contribution in [-0.4, -0.2) is 9.13 Å². The fraction of sp³-hybridized carbons (Fsp3) is 0.0417. The van der Waals surface area contributed by atoms with Gasteiger partial charge in [0.05, 0.1) is 11.0 Å². The van der Waals surface area contributed by atoms with Gasteiger partial charge in [0.25, 0.3) is 5.56 Å². The van der Waals surface area contributed by atoms with Crippen molar-refractivity contribution in [2.24, 2.45) is 7.05 Å². The van der Waals surface area contributed by atoms with Crippen LogP contribution in [0.5, 0.6) is 0 Å². The predicted molar refractivity (Wildman–Crippen MR) is 121 cm³/mol. The van der Waals surface area contributed by atoms with Gasteiger partial charge in [-0.2, -0.15) is 0 Å². The van der Waals surface area contributed by atoms with Gasteiger partial charge in [-0.05, 0) is 48.0 Å². The molecule has 0 aliphatic heterocycles. The maximum absolute atomic E-state index is 13.6. The maximum Gasteiger partial charge on any atom is 0.275 e. The van der Waals surface area contributed by atoms with E-state index in [1.54, 1.807) is 11.6 Å². The van der Waals surface area contributed by atoms with Crippen LogP contribution >= 0.6 is 23.2 Å². The second kappa shape index (κ2) is 6.80. The number of pyridine rings is 1. The largest absolute Gasteiger partial charge is 0.311 e. The molecule has 0 aliphatic carbocycles. The molecule has 0 radical (unpaired) electrons. The minimum atomic E-state index is -0.0777. The molecule has 29 heavy (non-hydrogen) atoms. The van der Waals surface area contributed by atoms with Crippen molar-refractivity contribution in [1.29, 1.82) is 0 Å². The molecule has 0 amide bonds. The van der Waals surface area contributed by atoms with Crippen LogP contribution in [0.25, 0.3) is 38.6 Å². The van der Waals surface area contributed by atoms with E-state index >= 15 is 0 Å². The van der Waals surface area contributed by atoms with Crippen molar-refractivity contribution in [3.05, 3.63) is 99.4 Å². The topological polar surface area (TPSA) is 26.9 Å². The summed E-state index contributed by atoms with van der Waals surface area (Å²) in [6.07, 6.45) is 1.92. The summed E-state index contributed by atoms with van der Waals surface area (Å²) in [4.78, 5) is 13.6. The van der Waals surface area contributed by atoms with E-state index in [1.807, 2.05) is 83.6 Å². The number of hydrogen-bond donors (Lipinski definition) is 0. The number of nitrogens with zero attached hydrogens (tertiary/aromatic N) is 2. The number of aryl methyl sites for hydroxylation is 1. The highest BCUT2D eigenvalue weighted by Gasteiger charge is 2.20. The summed E-state index contributed by atoms with van der Waals surface area (Å²) < 4.78 is 3.62. The van der Waals surface area contributed by atoms with E-state index in [0.29, 0.717) is 15.7 Å². The summed E-state index contributed by atoms with van der Waals surface area (Å²) in [6, 6.07) is 23.2. The molecule has 0 atom stereocenters. The zero-order valence-corrected chi connectivity index (χ0v) is 17.1. The molecule has 0 N–H and O–H groups in total. The molecule has 0 bridgehead atoms. The lowest BCUT2D eigenvalue weighted by atomic mass is 9.98. The Labute approximate surface area is 177 Å². The molecule has 0 fully saturated rings. The first-order valence-electron chi connectivity index (χ1n) is 9.19. The van der Waals surface area contributed by atoms with E-state index in [1.165, 1.54) is 0 Å². The van der Waals surface area contributed by atoms with Gasteiger partial charge in [-0.3, -0.25) is 4.79 Å². The minimum absolute atomic E-state index is 0.0777. The van der Waals surface area contributed by atoms with Crippen LogP contribution in [0.1, 0.15) is 0 Å².